The van der Waals surface area contributed by atoms with Crippen molar-refractivity contribution in [3.8, 4) is 0 Å². The van der Waals surface area contributed by atoms with Gasteiger partial charge in [-0.05, 0) is 39.0 Å². The highest BCUT2D eigenvalue weighted by atomic mass is 16.3. The minimum absolute atomic E-state index is 0.279. The first-order valence-corrected chi connectivity index (χ1v) is 11.9. The van der Waals surface area contributed by atoms with Crippen molar-refractivity contribution in [1.82, 2.24) is 0 Å². The maximum atomic E-state index is 9.37. The highest BCUT2D eigenvalue weighted by Gasteiger charge is 2.35. The van der Waals surface area contributed by atoms with E-state index in [1.165, 1.54) is 89.3 Å². The number of allylic oxidation sites excluding steroid dienone is 2. The monoisotopic (exact) mass is 379 g/mol. The number of unbranched alkanes of at least 4 members (excludes halogenated alkanes) is 11. The lowest BCUT2D eigenvalue weighted by atomic mass is 10.1. The zero-order valence-corrected chi connectivity index (χ0v) is 18.4. The fraction of sp³-hybridized carbons (Fsp3) is 0.875. The Hall–Kier alpha value is -0.670. The Morgan fingerprint density at radius 2 is 1.44 bits per heavy atom. The number of aliphatic imine (C=N–C) groups is 1. The molecule has 0 spiro atoms. The standard InChI is InChI=1S/C24H47N2O/c1-3-5-6-7-8-9-10-11-12-13-14-15-16-17-18-19-24-25-20-21-26(24,4-2)22-23-27/h9-10,27H,3-8,11-23H2,1-2H3/q+1/b10-9+. The third-order valence-electron chi connectivity index (χ3n) is 6.17. The summed E-state index contributed by atoms with van der Waals surface area (Å²) in [5.41, 5.74) is 0. The number of nitrogens with zero attached hydrogens (tertiary/aromatic N) is 2. The van der Waals surface area contributed by atoms with Gasteiger partial charge in [-0.15, -0.1) is 0 Å². The molecule has 3 nitrogen and oxygen atoms in total. The summed E-state index contributed by atoms with van der Waals surface area (Å²) >= 11 is 0. The van der Waals surface area contributed by atoms with Crippen LogP contribution in [0.2, 0.25) is 0 Å². The minimum atomic E-state index is 0.279. The average molecular weight is 380 g/mol. The highest BCUT2D eigenvalue weighted by Crippen LogP contribution is 2.20. The molecule has 0 saturated heterocycles. The van der Waals surface area contributed by atoms with Crippen molar-refractivity contribution in [3.63, 3.8) is 0 Å². The summed E-state index contributed by atoms with van der Waals surface area (Å²) in [4.78, 5) is 4.75. The van der Waals surface area contributed by atoms with Gasteiger partial charge in [0, 0.05) is 6.42 Å². The molecule has 1 heterocycles. The summed E-state index contributed by atoms with van der Waals surface area (Å²) in [5, 5.41) is 9.37. The molecule has 0 aromatic heterocycles. The Labute approximate surface area is 169 Å². The molecular weight excluding hydrogens is 332 g/mol. The van der Waals surface area contributed by atoms with E-state index >= 15 is 0 Å². The third kappa shape index (κ3) is 10.4. The molecule has 0 amide bonds. The summed E-state index contributed by atoms with van der Waals surface area (Å²) < 4.78 is 0.947. The molecule has 0 radical (unpaired) electrons. The van der Waals surface area contributed by atoms with Crippen molar-refractivity contribution in [2.24, 2.45) is 4.99 Å². The van der Waals surface area contributed by atoms with Gasteiger partial charge in [-0.1, -0.05) is 70.4 Å². The Morgan fingerprint density at radius 1 is 0.852 bits per heavy atom. The smallest absolute Gasteiger partial charge is 0.198 e. The molecule has 0 fully saturated rings. The van der Waals surface area contributed by atoms with E-state index in [1.807, 2.05) is 0 Å². The molecule has 1 rings (SSSR count). The molecule has 1 aliphatic heterocycles. The maximum Gasteiger partial charge on any atom is 0.198 e. The SMILES string of the molecule is CCCCCC/C=C/CCCCCCCCCC1=NCC[N+]1(CC)CCO. The largest absolute Gasteiger partial charge is 0.390 e. The van der Waals surface area contributed by atoms with Crippen molar-refractivity contribution >= 4 is 5.84 Å². The van der Waals surface area contributed by atoms with Crippen LogP contribution in [-0.2, 0) is 0 Å². The Kier molecular flexibility index (Phi) is 14.7. The van der Waals surface area contributed by atoms with Crippen LogP contribution in [-0.4, -0.2) is 48.2 Å². The van der Waals surface area contributed by atoms with Crippen LogP contribution in [0.5, 0.6) is 0 Å². The molecule has 0 aliphatic carbocycles. The van der Waals surface area contributed by atoms with Crippen LogP contribution in [0, 0.1) is 0 Å². The van der Waals surface area contributed by atoms with Gasteiger partial charge in [0.05, 0.1) is 19.7 Å². The molecule has 0 aromatic carbocycles. The van der Waals surface area contributed by atoms with Crippen molar-refractivity contribution < 1.29 is 9.59 Å². The lowest BCUT2D eigenvalue weighted by Crippen LogP contribution is -2.52. The first-order valence-electron chi connectivity index (χ1n) is 11.9. The van der Waals surface area contributed by atoms with Crippen LogP contribution < -0.4 is 0 Å². The number of hydrogen-bond donors (Lipinski definition) is 1. The van der Waals surface area contributed by atoms with Crippen LogP contribution in [0.15, 0.2) is 17.1 Å². The lowest BCUT2D eigenvalue weighted by Gasteiger charge is -2.33. The van der Waals surface area contributed by atoms with Gasteiger partial charge in [-0.3, -0.25) is 4.48 Å². The zero-order valence-electron chi connectivity index (χ0n) is 18.4. The van der Waals surface area contributed by atoms with E-state index in [-0.39, 0.29) is 6.61 Å². The third-order valence-corrected chi connectivity index (χ3v) is 6.17. The summed E-state index contributed by atoms with van der Waals surface area (Å²) in [5.74, 6) is 1.35. The highest BCUT2D eigenvalue weighted by molar-refractivity contribution is 5.76. The fourth-order valence-corrected chi connectivity index (χ4v) is 4.25. The van der Waals surface area contributed by atoms with Crippen LogP contribution >= 0.6 is 0 Å². The van der Waals surface area contributed by atoms with Crippen LogP contribution in [0.3, 0.4) is 0 Å². The second-order valence-corrected chi connectivity index (χ2v) is 8.26. The maximum absolute atomic E-state index is 9.37. The van der Waals surface area contributed by atoms with Gasteiger partial charge >= 0.3 is 0 Å². The molecule has 27 heavy (non-hydrogen) atoms. The molecule has 0 saturated carbocycles. The summed E-state index contributed by atoms with van der Waals surface area (Å²) in [6.45, 7) is 8.76. The second-order valence-electron chi connectivity index (χ2n) is 8.26. The first kappa shape index (κ1) is 24.4. The normalized spacial score (nSPS) is 19.9. The van der Waals surface area contributed by atoms with E-state index < -0.39 is 0 Å². The van der Waals surface area contributed by atoms with E-state index in [0.29, 0.717) is 0 Å². The van der Waals surface area contributed by atoms with Gasteiger partial charge < -0.3 is 5.11 Å². The van der Waals surface area contributed by atoms with Crippen LogP contribution in [0.1, 0.15) is 104 Å². The van der Waals surface area contributed by atoms with Crippen molar-refractivity contribution in [1.29, 1.82) is 0 Å². The Balaban J connectivity index is 1.93. The number of amidine groups is 1. The van der Waals surface area contributed by atoms with Crippen molar-refractivity contribution in [2.75, 3.05) is 32.8 Å². The quantitative estimate of drug-likeness (QED) is 0.170. The van der Waals surface area contributed by atoms with Gasteiger partial charge in [0.15, 0.2) is 5.84 Å². The predicted octanol–water partition coefficient (Wildman–Crippen LogP) is 6.27. The summed E-state index contributed by atoms with van der Waals surface area (Å²) in [6, 6.07) is 0. The topological polar surface area (TPSA) is 32.6 Å². The van der Waals surface area contributed by atoms with E-state index in [9.17, 15) is 5.11 Å². The van der Waals surface area contributed by atoms with E-state index in [4.69, 9.17) is 4.99 Å². The Bertz CT molecular complexity index is 405. The minimum Gasteiger partial charge on any atom is -0.390 e. The summed E-state index contributed by atoms with van der Waals surface area (Å²) in [6.07, 6.45) is 23.5. The molecule has 1 atom stereocenters. The van der Waals surface area contributed by atoms with Gasteiger partial charge in [0.25, 0.3) is 0 Å². The van der Waals surface area contributed by atoms with E-state index in [1.54, 1.807) is 0 Å². The van der Waals surface area contributed by atoms with E-state index in [2.05, 4.69) is 26.0 Å². The predicted molar refractivity (Wildman–Crippen MR) is 119 cm³/mol. The lowest BCUT2D eigenvalue weighted by molar-refractivity contribution is -0.835. The molecule has 1 aliphatic rings. The molecule has 1 N–H and O–H groups in total. The number of rotatable bonds is 18. The summed E-state index contributed by atoms with van der Waals surface area (Å²) in [7, 11) is 0. The number of aliphatic hydroxyl groups excluding tert-OH is 1. The number of likely N-dealkylation sites (N-methyl/N-ethyl adjacent to an activating group) is 1. The number of hydrogen-bond acceptors (Lipinski definition) is 2. The average Bonchev–Trinajstić information content (AvgIpc) is 3.08. The number of aliphatic hydroxyl groups is 1. The molecular formula is C24H47N2O+. The fourth-order valence-electron chi connectivity index (χ4n) is 4.25. The zero-order chi connectivity index (χ0) is 19.6. The molecule has 0 bridgehead atoms. The second kappa shape index (κ2) is 16.3. The van der Waals surface area contributed by atoms with Gasteiger partial charge in [0.1, 0.15) is 13.1 Å². The molecule has 158 valence electrons. The van der Waals surface area contributed by atoms with Gasteiger partial charge in [0.2, 0.25) is 0 Å². The first-order chi connectivity index (χ1) is 13.3. The van der Waals surface area contributed by atoms with Crippen LogP contribution in [0.4, 0.5) is 0 Å². The van der Waals surface area contributed by atoms with Gasteiger partial charge in [-0.25, -0.2) is 4.99 Å². The number of quaternary nitrogens is 1. The van der Waals surface area contributed by atoms with E-state index in [0.717, 1.165) is 37.1 Å². The van der Waals surface area contributed by atoms with Crippen molar-refractivity contribution in [3.05, 3.63) is 12.2 Å². The molecule has 1 unspecified atom stereocenters. The van der Waals surface area contributed by atoms with Gasteiger partial charge in [-0.2, -0.15) is 0 Å². The molecule has 3 heteroatoms. The van der Waals surface area contributed by atoms with Crippen molar-refractivity contribution in [2.45, 2.75) is 104 Å². The van der Waals surface area contributed by atoms with Crippen LogP contribution in [0.25, 0.3) is 0 Å². The molecule has 0 aromatic rings. The Morgan fingerprint density at radius 3 is 2.04 bits per heavy atom.